The van der Waals surface area contributed by atoms with Crippen LogP contribution in [0.4, 0.5) is 19.6 Å². The lowest BCUT2D eigenvalue weighted by Crippen LogP contribution is -2.33. The largest absolute Gasteiger partial charge is 0.331 e. The lowest BCUT2D eigenvalue weighted by Gasteiger charge is -2.10. The second-order valence-corrected chi connectivity index (χ2v) is 5.78. The molecule has 1 heterocycles. The van der Waals surface area contributed by atoms with E-state index in [1.54, 1.807) is 18.2 Å². The first-order valence-corrected chi connectivity index (χ1v) is 7.47. The van der Waals surface area contributed by atoms with E-state index in [9.17, 15) is 8.78 Å². The molecule has 0 unspecified atom stereocenters. The molecule has 3 rings (SSSR count). The third-order valence-corrected chi connectivity index (χ3v) is 3.87. The fourth-order valence-corrected chi connectivity index (χ4v) is 2.77. The smallest absolute Gasteiger partial charge is 0.202 e. The number of benzene rings is 2. The van der Waals surface area contributed by atoms with Gasteiger partial charge in [0, 0.05) is 5.69 Å². The number of thiocarbonyl (C=S) groups is 1. The second kappa shape index (κ2) is 6.20. The Morgan fingerprint density at radius 3 is 2.55 bits per heavy atom. The first-order valence-electron chi connectivity index (χ1n) is 6.25. The van der Waals surface area contributed by atoms with E-state index in [1.165, 1.54) is 35.6 Å². The number of hydrogen-bond donors (Lipinski definition) is 3. The summed E-state index contributed by atoms with van der Waals surface area (Å²) in [5, 5.41) is 3.75. The number of aromatic nitrogens is 1. The number of fused-ring (bicyclic) bond motifs is 1. The van der Waals surface area contributed by atoms with Gasteiger partial charge in [0.15, 0.2) is 5.11 Å². The zero-order chi connectivity index (χ0) is 15.5. The van der Waals surface area contributed by atoms with Crippen LogP contribution in [-0.2, 0) is 0 Å². The molecule has 0 fully saturated rings. The normalized spacial score (nSPS) is 10.5. The van der Waals surface area contributed by atoms with E-state index >= 15 is 0 Å². The maximum absolute atomic E-state index is 13.1. The molecule has 0 saturated heterocycles. The van der Waals surface area contributed by atoms with Gasteiger partial charge in [-0.1, -0.05) is 11.3 Å². The topological polar surface area (TPSA) is 49.0 Å². The van der Waals surface area contributed by atoms with Crippen molar-refractivity contribution in [1.82, 2.24) is 10.4 Å². The van der Waals surface area contributed by atoms with Gasteiger partial charge in [0.1, 0.15) is 11.6 Å². The van der Waals surface area contributed by atoms with Crippen LogP contribution in [0.2, 0.25) is 0 Å². The predicted octanol–water partition coefficient (Wildman–Crippen LogP) is 3.89. The quantitative estimate of drug-likeness (QED) is 0.500. The minimum absolute atomic E-state index is 0.302. The molecule has 0 amide bonds. The zero-order valence-corrected chi connectivity index (χ0v) is 12.7. The summed E-state index contributed by atoms with van der Waals surface area (Å²) in [7, 11) is 0. The summed E-state index contributed by atoms with van der Waals surface area (Å²) in [6.45, 7) is 0. The Bertz CT molecular complexity index is 817. The van der Waals surface area contributed by atoms with Crippen molar-refractivity contribution in [1.29, 1.82) is 0 Å². The number of hydrogen-bond acceptors (Lipinski definition) is 4. The van der Waals surface area contributed by atoms with Crippen LogP contribution >= 0.6 is 23.6 Å². The van der Waals surface area contributed by atoms with Crippen LogP contribution in [0.25, 0.3) is 10.2 Å². The fraction of sp³-hybridized carbons (Fsp3) is 0. The van der Waals surface area contributed by atoms with E-state index in [1.807, 2.05) is 0 Å². The Kier molecular flexibility index (Phi) is 4.12. The Morgan fingerprint density at radius 2 is 1.77 bits per heavy atom. The van der Waals surface area contributed by atoms with E-state index in [0.717, 1.165) is 4.70 Å². The lowest BCUT2D eigenvalue weighted by atomic mass is 10.3. The van der Waals surface area contributed by atoms with E-state index < -0.39 is 0 Å². The van der Waals surface area contributed by atoms with Gasteiger partial charge in [0.2, 0.25) is 5.13 Å². The molecule has 4 nitrogen and oxygen atoms in total. The molecule has 22 heavy (non-hydrogen) atoms. The lowest BCUT2D eigenvalue weighted by molar-refractivity contribution is 0.628. The highest BCUT2D eigenvalue weighted by Crippen LogP contribution is 2.25. The Morgan fingerprint density at radius 1 is 1.05 bits per heavy atom. The van der Waals surface area contributed by atoms with Crippen molar-refractivity contribution in [2.45, 2.75) is 0 Å². The van der Waals surface area contributed by atoms with E-state index in [4.69, 9.17) is 12.2 Å². The summed E-state index contributed by atoms with van der Waals surface area (Å²) in [5.41, 5.74) is 6.97. The number of hydrazine groups is 1. The molecule has 0 aliphatic carbocycles. The average molecular weight is 336 g/mol. The minimum atomic E-state index is -0.315. The average Bonchev–Trinajstić information content (AvgIpc) is 2.89. The van der Waals surface area contributed by atoms with Gasteiger partial charge in [0.25, 0.3) is 0 Å². The van der Waals surface area contributed by atoms with Crippen LogP contribution in [0.15, 0.2) is 42.5 Å². The number of nitrogens with one attached hydrogen (secondary N) is 3. The minimum Gasteiger partial charge on any atom is -0.331 e. The molecular formula is C14H10F2N4S2. The third kappa shape index (κ3) is 3.46. The summed E-state index contributed by atoms with van der Waals surface area (Å²) in [6, 6.07) is 10.2. The molecule has 0 aliphatic heterocycles. The Hall–Kier alpha value is -2.32. The number of nitrogens with zero attached hydrogens (tertiary/aromatic N) is 1. The van der Waals surface area contributed by atoms with Gasteiger partial charge in [-0.25, -0.2) is 13.8 Å². The monoisotopic (exact) mass is 336 g/mol. The van der Waals surface area contributed by atoms with Gasteiger partial charge in [-0.2, -0.15) is 0 Å². The van der Waals surface area contributed by atoms with Crippen molar-refractivity contribution < 1.29 is 8.78 Å². The maximum Gasteiger partial charge on any atom is 0.202 e. The molecule has 0 radical (unpaired) electrons. The molecule has 0 aliphatic rings. The highest BCUT2D eigenvalue weighted by atomic mass is 32.1. The number of anilines is 2. The van der Waals surface area contributed by atoms with Crippen LogP contribution in [0.1, 0.15) is 0 Å². The van der Waals surface area contributed by atoms with Crippen LogP contribution in [0.5, 0.6) is 0 Å². The molecule has 3 N–H and O–H groups in total. The highest BCUT2D eigenvalue weighted by Gasteiger charge is 2.05. The molecule has 112 valence electrons. The standard InChI is InChI=1S/C14H10F2N4S2/c15-8-1-4-10(5-2-8)17-13(21)19-20-14-18-11-6-3-9(16)7-12(11)22-14/h1-7H,(H,18,20)(H2,17,19,21). The molecule has 0 atom stereocenters. The van der Waals surface area contributed by atoms with Gasteiger partial charge in [-0.05, 0) is 54.7 Å². The van der Waals surface area contributed by atoms with Crippen LogP contribution < -0.4 is 16.2 Å². The maximum atomic E-state index is 13.1. The van der Waals surface area contributed by atoms with E-state index in [-0.39, 0.29) is 11.6 Å². The molecular weight excluding hydrogens is 326 g/mol. The third-order valence-electron chi connectivity index (χ3n) is 2.74. The number of rotatable bonds is 3. The molecule has 0 bridgehead atoms. The summed E-state index contributed by atoms with van der Waals surface area (Å²) in [6.07, 6.45) is 0. The summed E-state index contributed by atoms with van der Waals surface area (Å²) in [4.78, 5) is 4.29. The van der Waals surface area contributed by atoms with Gasteiger partial charge in [-0.3, -0.25) is 10.9 Å². The number of halogens is 2. The van der Waals surface area contributed by atoms with Crippen LogP contribution in [-0.4, -0.2) is 10.1 Å². The molecule has 2 aromatic carbocycles. The Balaban J connectivity index is 1.61. The van der Waals surface area contributed by atoms with Gasteiger partial charge in [-0.15, -0.1) is 0 Å². The second-order valence-electron chi connectivity index (χ2n) is 4.34. The molecule has 0 saturated carbocycles. The first-order chi connectivity index (χ1) is 10.6. The molecule has 3 aromatic rings. The van der Waals surface area contributed by atoms with Crippen LogP contribution in [0.3, 0.4) is 0 Å². The van der Waals surface area contributed by atoms with Crippen molar-refractivity contribution in [3.8, 4) is 0 Å². The van der Waals surface area contributed by atoms with Crippen molar-refractivity contribution in [2.24, 2.45) is 0 Å². The van der Waals surface area contributed by atoms with E-state index in [2.05, 4.69) is 21.2 Å². The highest BCUT2D eigenvalue weighted by molar-refractivity contribution is 7.80. The molecule has 0 spiro atoms. The van der Waals surface area contributed by atoms with E-state index in [0.29, 0.717) is 21.4 Å². The molecule has 1 aromatic heterocycles. The summed E-state index contributed by atoms with van der Waals surface area (Å²) in [5.74, 6) is -0.617. The summed E-state index contributed by atoms with van der Waals surface area (Å²) < 4.78 is 26.7. The zero-order valence-electron chi connectivity index (χ0n) is 11.1. The van der Waals surface area contributed by atoms with Crippen LogP contribution in [0, 0.1) is 11.6 Å². The van der Waals surface area contributed by atoms with Gasteiger partial charge < -0.3 is 5.32 Å². The number of thiazole rings is 1. The SMILES string of the molecule is Fc1ccc(NC(=S)NNc2nc3ccc(F)cc3s2)cc1. The van der Waals surface area contributed by atoms with Gasteiger partial charge >= 0.3 is 0 Å². The summed E-state index contributed by atoms with van der Waals surface area (Å²) >= 11 is 6.41. The first kappa shape index (κ1) is 14.6. The Labute approximate surface area is 134 Å². The van der Waals surface area contributed by atoms with Crippen molar-refractivity contribution in [2.75, 3.05) is 10.7 Å². The van der Waals surface area contributed by atoms with Gasteiger partial charge in [0.05, 0.1) is 10.2 Å². The van der Waals surface area contributed by atoms with Crippen molar-refractivity contribution in [3.63, 3.8) is 0 Å². The molecule has 8 heteroatoms. The van der Waals surface area contributed by atoms with Crippen molar-refractivity contribution in [3.05, 3.63) is 54.1 Å². The predicted molar refractivity (Wildman–Crippen MR) is 89.0 cm³/mol. The van der Waals surface area contributed by atoms with Crippen molar-refractivity contribution >= 4 is 49.7 Å². The fourth-order valence-electron chi connectivity index (χ4n) is 1.76.